The second-order valence-electron chi connectivity index (χ2n) is 4.87. The summed E-state index contributed by atoms with van der Waals surface area (Å²) in [6, 6.07) is 13.0. The Hall–Kier alpha value is -2.34. The lowest BCUT2D eigenvalue weighted by Crippen LogP contribution is -2.09. The van der Waals surface area contributed by atoms with Crippen LogP contribution in [0.3, 0.4) is 0 Å². The largest absolute Gasteiger partial charge is 0.441 e. The fourth-order valence-corrected chi connectivity index (χ4v) is 2.73. The number of fused-ring (bicyclic) bond motifs is 1. The number of benzene rings is 2. The first-order valence-electron chi connectivity index (χ1n) is 6.36. The van der Waals surface area contributed by atoms with E-state index in [1.807, 2.05) is 37.3 Å². The van der Waals surface area contributed by atoms with Crippen LogP contribution in [0.15, 0.2) is 46.9 Å². The van der Waals surface area contributed by atoms with Crippen molar-refractivity contribution in [2.24, 2.45) is 0 Å². The van der Waals surface area contributed by atoms with Crippen LogP contribution >= 0.6 is 0 Å². The molecule has 0 saturated heterocycles. The minimum absolute atomic E-state index is 0.541. The van der Waals surface area contributed by atoms with Crippen LogP contribution in [-0.4, -0.2) is 19.7 Å². The van der Waals surface area contributed by atoms with Crippen molar-refractivity contribution in [3.63, 3.8) is 0 Å². The Labute approximate surface area is 122 Å². The van der Waals surface area contributed by atoms with E-state index < -0.39 is 10.0 Å². The Bertz CT molecular complexity index is 896. The molecule has 0 radical (unpaired) electrons. The van der Waals surface area contributed by atoms with E-state index in [0.29, 0.717) is 11.6 Å². The van der Waals surface area contributed by atoms with Gasteiger partial charge in [0.15, 0.2) is 11.5 Å². The molecule has 3 rings (SSSR count). The summed E-state index contributed by atoms with van der Waals surface area (Å²) in [5.41, 5.74) is 4.09. The highest BCUT2D eigenvalue weighted by atomic mass is 32.2. The molecule has 1 heterocycles. The molecule has 6 heteroatoms. The number of aryl methyl sites for hydroxylation is 1. The predicted octanol–water partition coefficient (Wildman–Crippen LogP) is 3.17. The molecular formula is C15H14N2O3S. The Kier molecular flexibility index (Phi) is 3.17. The van der Waals surface area contributed by atoms with Crippen molar-refractivity contribution in [2.45, 2.75) is 6.92 Å². The zero-order valence-corrected chi connectivity index (χ0v) is 12.4. The Morgan fingerprint density at radius 1 is 1.05 bits per heavy atom. The van der Waals surface area contributed by atoms with Crippen LogP contribution in [0.5, 0.6) is 0 Å². The lowest BCUT2D eigenvalue weighted by Gasteiger charge is -2.05. The van der Waals surface area contributed by atoms with Gasteiger partial charge in [0.1, 0.15) is 5.52 Å². The zero-order chi connectivity index (χ0) is 15.0. The molecule has 0 fully saturated rings. The molecule has 1 aromatic heterocycles. The molecule has 0 atom stereocenters. The van der Waals surface area contributed by atoms with Crippen LogP contribution in [0.2, 0.25) is 0 Å². The number of oxazole rings is 1. The van der Waals surface area contributed by atoms with Crippen molar-refractivity contribution in [1.82, 2.24) is 4.98 Å². The first-order valence-corrected chi connectivity index (χ1v) is 8.25. The van der Waals surface area contributed by atoms with E-state index in [-0.39, 0.29) is 0 Å². The molecule has 3 aromatic rings. The van der Waals surface area contributed by atoms with Gasteiger partial charge in [0.25, 0.3) is 0 Å². The lowest BCUT2D eigenvalue weighted by atomic mass is 10.1. The molecule has 21 heavy (non-hydrogen) atoms. The molecule has 1 N–H and O–H groups in total. The van der Waals surface area contributed by atoms with Gasteiger partial charge in [0, 0.05) is 12.6 Å². The number of aromatic nitrogens is 1. The third-order valence-corrected chi connectivity index (χ3v) is 3.62. The van der Waals surface area contributed by atoms with Gasteiger partial charge < -0.3 is 4.42 Å². The molecule has 0 unspecified atom stereocenters. The highest BCUT2D eigenvalue weighted by Crippen LogP contribution is 2.26. The van der Waals surface area contributed by atoms with Crippen molar-refractivity contribution in [2.75, 3.05) is 11.0 Å². The number of nitrogens with one attached hydrogen (secondary N) is 1. The lowest BCUT2D eigenvalue weighted by molar-refractivity contribution is 0.561. The van der Waals surface area contributed by atoms with E-state index in [2.05, 4.69) is 9.71 Å². The number of rotatable bonds is 3. The summed E-state index contributed by atoms with van der Waals surface area (Å²) in [5.74, 6) is 0.634. The van der Waals surface area contributed by atoms with Crippen molar-refractivity contribution in [1.29, 1.82) is 0 Å². The third kappa shape index (κ3) is 3.05. The minimum atomic E-state index is -3.25. The Morgan fingerprint density at radius 3 is 2.38 bits per heavy atom. The van der Waals surface area contributed by atoms with Crippen molar-refractivity contribution >= 4 is 26.8 Å². The van der Waals surface area contributed by atoms with Crippen molar-refractivity contribution in [3.8, 4) is 11.1 Å². The SMILES string of the molecule is Cc1nc2cc(-c3ccc(NS(C)(=O)=O)cc3)ccc2o1. The molecular weight excluding hydrogens is 288 g/mol. The van der Waals surface area contributed by atoms with Gasteiger partial charge in [-0.25, -0.2) is 13.4 Å². The number of hydrogen-bond donors (Lipinski definition) is 1. The Balaban J connectivity index is 1.94. The fourth-order valence-electron chi connectivity index (χ4n) is 2.17. The van der Waals surface area contributed by atoms with Crippen LogP contribution in [-0.2, 0) is 10.0 Å². The molecule has 0 aliphatic rings. The van der Waals surface area contributed by atoms with Crippen LogP contribution in [0.1, 0.15) is 5.89 Å². The smallest absolute Gasteiger partial charge is 0.229 e. The number of hydrogen-bond acceptors (Lipinski definition) is 4. The zero-order valence-electron chi connectivity index (χ0n) is 11.6. The van der Waals surface area contributed by atoms with Gasteiger partial charge >= 0.3 is 0 Å². The normalized spacial score (nSPS) is 11.7. The second kappa shape index (κ2) is 4.89. The predicted molar refractivity (Wildman–Crippen MR) is 82.6 cm³/mol. The van der Waals surface area contributed by atoms with E-state index in [1.54, 1.807) is 12.1 Å². The highest BCUT2D eigenvalue weighted by molar-refractivity contribution is 7.92. The molecule has 0 amide bonds. The fraction of sp³-hybridized carbons (Fsp3) is 0.133. The van der Waals surface area contributed by atoms with Crippen molar-refractivity contribution in [3.05, 3.63) is 48.4 Å². The Morgan fingerprint density at radius 2 is 1.71 bits per heavy atom. The summed E-state index contributed by atoms with van der Waals surface area (Å²) in [4.78, 5) is 4.31. The maximum atomic E-state index is 11.2. The molecule has 108 valence electrons. The molecule has 0 aliphatic carbocycles. The van der Waals surface area contributed by atoms with Gasteiger partial charge in [0.05, 0.1) is 6.26 Å². The number of anilines is 1. The number of nitrogens with zero attached hydrogens (tertiary/aromatic N) is 1. The van der Waals surface area contributed by atoms with E-state index in [0.717, 1.165) is 28.5 Å². The van der Waals surface area contributed by atoms with Crippen molar-refractivity contribution < 1.29 is 12.8 Å². The number of sulfonamides is 1. The first-order chi connectivity index (χ1) is 9.90. The summed E-state index contributed by atoms with van der Waals surface area (Å²) in [6.45, 7) is 1.81. The summed E-state index contributed by atoms with van der Waals surface area (Å²) in [7, 11) is -3.25. The van der Waals surface area contributed by atoms with Crippen LogP contribution in [0.25, 0.3) is 22.2 Å². The van der Waals surface area contributed by atoms with Gasteiger partial charge in [-0.05, 0) is 35.4 Å². The van der Waals surface area contributed by atoms with Gasteiger partial charge in [-0.15, -0.1) is 0 Å². The quantitative estimate of drug-likeness (QED) is 0.806. The standard InChI is InChI=1S/C15H14N2O3S/c1-10-16-14-9-12(5-8-15(14)20-10)11-3-6-13(7-4-11)17-21(2,18)19/h3-9,17H,1-2H3. The molecule has 0 aliphatic heterocycles. The minimum Gasteiger partial charge on any atom is -0.441 e. The summed E-state index contributed by atoms with van der Waals surface area (Å²) in [5, 5.41) is 0. The van der Waals surface area contributed by atoms with Crippen LogP contribution in [0, 0.1) is 6.92 Å². The molecule has 0 saturated carbocycles. The monoisotopic (exact) mass is 302 g/mol. The van der Waals surface area contributed by atoms with E-state index in [1.165, 1.54) is 0 Å². The van der Waals surface area contributed by atoms with E-state index >= 15 is 0 Å². The second-order valence-corrected chi connectivity index (χ2v) is 6.62. The maximum Gasteiger partial charge on any atom is 0.229 e. The molecule has 5 nitrogen and oxygen atoms in total. The average molecular weight is 302 g/mol. The van der Waals surface area contributed by atoms with Crippen LogP contribution in [0.4, 0.5) is 5.69 Å². The third-order valence-electron chi connectivity index (χ3n) is 3.02. The average Bonchev–Trinajstić information content (AvgIpc) is 2.76. The van der Waals surface area contributed by atoms with Gasteiger partial charge in [0.2, 0.25) is 10.0 Å². The highest BCUT2D eigenvalue weighted by Gasteiger charge is 2.06. The first kappa shape index (κ1) is 13.6. The summed E-state index contributed by atoms with van der Waals surface area (Å²) >= 11 is 0. The van der Waals surface area contributed by atoms with Gasteiger partial charge in [-0.3, -0.25) is 4.72 Å². The topological polar surface area (TPSA) is 72.2 Å². The van der Waals surface area contributed by atoms with Crippen LogP contribution < -0.4 is 4.72 Å². The molecule has 2 aromatic carbocycles. The maximum absolute atomic E-state index is 11.2. The molecule has 0 spiro atoms. The van der Waals surface area contributed by atoms with E-state index in [4.69, 9.17) is 4.42 Å². The summed E-state index contributed by atoms with van der Waals surface area (Å²) in [6.07, 6.45) is 1.13. The van der Waals surface area contributed by atoms with E-state index in [9.17, 15) is 8.42 Å². The molecule has 0 bridgehead atoms. The summed E-state index contributed by atoms with van der Waals surface area (Å²) < 4.78 is 30.2. The van der Waals surface area contributed by atoms with Gasteiger partial charge in [-0.2, -0.15) is 0 Å². The van der Waals surface area contributed by atoms with Gasteiger partial charge in [-0.1, -0.05) is 18.2 Å².